The summed E-state index contributed by atoms with van der Waals surface area (Å²) in [5.41, 5.74) is -0.804. The van der Waals surface area contributed by atoms with Gasteiger partial charge in [-0.15, -0.1) is 0 Å². The summed E-state index contributed by atoms with van der Waals surface area (Å²) in [4.78, 5) is 6.97. The average Bonchev–Trinajstić information content (AvgIpc) is 2.22. The summed E-state index contributed by atoms with van der Waals surface area (Å²) >= 11 is 0. The summed E-state index contributed by atoms with van der Waals surface area (Å²) < 4.78 is 42.2. The van der Waals surface area contributed by atoms with Gasteiger partial charge in [-0.3, -0.25) is 0 Å². The Morgan fingerprint density at radius 3 is 2.44 bits per heavy atom. The second kappa shape index (κ2) is 5.54. The molecule has 0 saturated heterocycles. The SMILES string of the molecule is CC(C)(C)CCCOc1nccc(C(F)(F)F)n1. The molecule has 1 aromatic rings. The summed E-state index contributed by atoms with van der Waals surface area (Å²) in [5, 5.41) is 0. The molecular weight excluding hydrogens is 245 g/mol. The minimum absolute atomic E-state index is 0.179. The molecular formula is C12H17F3N2O. The standard InChI is InChI=1S/C12H17F3N2O/c1-11(2,3)6-4-8-18-10-16-7-5-9(17-10)12(13,14)15/h5,7H,4,6,8H2,1-3H3. The molecule has 1 aromatic heterocycles. The number of halogens is 3. The predicted octanol–water partition coefficient (Wildman–Crippen LogP) is 3.70. The van der Waals surface area contributed by atoms with Crippen LogP contribution in [-0.4, -0.2) is 16.6 Å². The first kappa shape index (κ1) is 14.7. The summed E-state index contributed by atoms with van der Waals surface area (Å²) in [6, 6.07) is 0.598. The molecule has 0 unspecified atom stereocenters. The van der Waals surface area contributed by atoms with Crippen molar-refractivity contribution in [1.29, 1.82) is 0 Å². The van der Waals surface area contributed by atoms with Crippen molar-refractivity contribution in [3.8, 4) is 6.01 Å². The Bertz CT molecular complexity index is 386. The van der Waals surface area contributed by atoms with Crippen molar-refractivity contribution in [3.05, 3.63) is 18.0 Å². The van der Waals surface area contributed by atoms with E-state index < -0.39 is 11.9 Å². The highest BCUT2D eigenvalue weighted by molar-refractivity contribution is 5.08. The highest BCUT2D eigenvalue weighted by Gasteiger charge is 2.32. The van der Waals surface area contributed by atoms with Gasteiger partial charge in [0.05, 0.1) is 6.61 Å². The Balaban J connectivity index is 2.49. The lowest BCUT2D eigenvalue weighted by molar-refractivity contribution is -0.141. The summed E-state index contributed by atoms with van der Waals surface area (Å²) in [6.45, 7) is 6.59. The van der Waals surface area contributed by atoms with E-state index in [1.165, 1.54) is 0 Å². The average molecular weight is 262 g/mol. The topological polar surface area (TPSA) is 35.0 Å². The molecule has 0 spiro atoms. The lowest BCUT2D eigenvalue weighted by atomic mass is 9.91. The summed E-state index contributed by atoms with van der Waals surface area (Å²) in [5.74, 6) is 0. The molecule has 0 radical (unpaired) electrons. The van der Waals surface area contributed by atoms with Crippen LogP contribution in [-0.2, 0) is 6.18 Å². The number of hydrogen-bond donors (Lipinski definition) is 0. The highest BCUT2D eigenvalue weighted by atomic mass is 19.4. The Morgan fingerprint density at radius 2 is 1.89 bits per heavy atom. The van der Waals surface area contributed by atoms with Gasteiger partial charge < -0.3 is 4.74 Å². The predicted molar refractivity (Wildman–Crippen MR) is 61.2 cm³/mol. The Hall–Kier alpha value is -1.33. The van der Waals surface area contributed by atoms with Crippen molar-refractivity contribution in [2.75, 3.05) is 6.61 Å². The van der Waals surface area contributed by atoms with Gasteiger partial charge in [-0.05, 0) is 24.3 Å². The largest absolute Gasteiger partial charge is 0.463 e. The molecule has 102 valence electrons. The van der Waals surface area contributed by atoms with E-state index in [0.717, 1.165) is 25.1 Å². The first-order chi connectivity index (χ1) is 8.18. The van der Waals surface area contributed by atoms with Gasteiger partial charge in [0.25, 0.3) is 0 Å². The Morgan fingerprint density at radius 1 is 1.22 bits per heavy atom. The highest BCUT2D eigenvalue weighted by Crippen LogP contribution is 2.28. The maximum absolute atomic E-state index is 12.4. The van der Waals surface area contributed by atoms with Crippen molar-refractivity contribution in [2.45, 2.75) is 39.8 Å². The van der Waals surface area contributed by atoms with E-state index in [0.29, 0.717) is 6.61 Å². The van der Waals surface area contributed by atoms with Crippen molar-refractivity contribution in [3.63, 3.8) is 0 Å². The molecule has 18 heavy (non-hydrogen) atoms. The van der Waals surface area contributed by atoms with E-state index in [9.17, 15) is 13.2 Å². The third kappa shape index (κ3) is 5.33. The van der Waals surface area contributed by atoms with Crippen molar-refractivity contribution >= 4 is 0 Å². The first-order valence-electron chi connectivity index (χ1n) is 5.71. The van der Waals surface area contributed by atoms with Gasteiger partial charge in [0, 0.05) is 6.20 Å². The van der Waals surface area contributed by atoms with Crippen LogP contribution in [0.1, 0.15) is 39.3 Å². The van der Waals surface area contributed by atoms with E-state index in [-0.39, 0.29) is 11.4 Å². The third-order valence-electron chi connectivity index (χ3n) is 2.23. The molecule has 0 aliphatic rings. The Labute approximate surface area is 104 Å². The zero-order valence-corrected chi connectivity index (χ0v) is 10.7. The molecule has 0 atom stereocenters. The minimum atomic E-state index is -4.47. The van der Waals surface area contributed by atoms with Crippen LogP contribution < -0.4 is 4.74 Å². The number of rotatable bonds is 4. The molecule has 0 N–H and O–H groups in total. The normalized spacial score (nSPS) is 12.6. The van der Waals surface area contributed by atoms with Gasteiger partial charge in [0.15, 0.2) is 5.69 Å². The maximum Gasteiger partial charge on any atom is 0.433 e. The molecule has 6 heteroatoms. The summed E-state index contributed by atoms with van der Waals surface area (Å²) in [6.07, 6.45) is -1.74. The monoisotopic (exact) mass is 262 g/mol. The first-order valence-corrected chi connectivity index (χ1v) is 5.71. The van der Waals surface area contributed by atoms with Crippen LogP contribution in [0.5, 0.6) is 6.01 Å². The van der Waals surface area contributed by atoms with Crippen LogP contribution >= 0.6 is 0 Å². The van der Waals surface area contributed by atoms with Gasteiger partial charge in [-0.1, -0.05) is 20.8 Å². The fourth-order valence-corrected chi connectivity index (χ4v) is 1.33. The quantitative estimate of drug-likeness (QED) is 0.776. The molecule has 1 heterocycles. The van der Waals surface area contributed by atoms with Gasteiger partial charge in [-0.2, -0.15) is 18.2 Å². The number of aromatic nitrogens is 2. The lowest BCUT2D eigenvalue weighted by Gasteiger charge is -2.17. The number of alkyl halides is 3. The zero-order valence-electron chi connectivity index (χ0n) is 10.7. The van der Waals surface area contributed by atoms with E-state index in [4.69, 9.17) is 4.74 Å². The molecule has 0 aliphatic heterocycles. The number of nitrogens with zero attached hydrogens (tertiary/aromatic N) is 2. The fourth-order valence-electron chi connectivity index (χ4n) is 1.33. The van der Waals surface area contributed by atoms with Crippen molar-refractivity contribution in [2.24, 2.45) is 5.41 Å². The molecule has 0 saturated carbocycles. The molecule has 0 amide bonds. The second-order valence-corrected chi connectivity index (χ2v) is 5.23. The third-order valence-corrected chi connectivity index (χ3v) is 2.23. The van der Waals surface area contributed by atoms with Gasteiger partial charge in [-0.25, -0.2) is 4.98 Å². The molecule has 1 rings (SSSR count). The van der Waals surface area contributed by atoms with Crippen LogP contribution in [0.2, 0.25) is 0 Å². The molecule has 0 bridgehead atoms. The Kier molecular flexibility index (Phi) is 4.53. The zero-order chi connectivity index (χ0) is 13.8. The number of ether oxygens (including phenoxy) is 1. The molecule has 0 aromatic carbocycles. The van der Waals surface area contributed by atoms with Crippen LogP contribution in [0.4, 0.5) is 13.2 Å². The van der Waals surface area contributed by atoms with Crippen LogP contribution in [0.3, 0.4) is 0 Å². The fraction of sp³-hybridized carbons (Fsp3) is 0.667. The number of hydrogen-bond acceptors (Lipinski definition) is 3. The van der Waals surface area contributed by atoms with E-state index in [1.807, 2.05) is 0 Å². The van der Waals surface area contributed by atoms with Gasteiger partial charge >= 0.3 is 12.2 Å². The molecule has 3 nitrogen and oxygen atoms in total. The molecule has 0 fully saturated rings. The van der Waals surface area contributed by atoms with Crippen LogP contribution in [0.25, 0.3) is 0 Å². The second-order valence-electron chi connectivity index (χ2n) is 5.23. The summed E-state index contributed by atoms with van der Waals surface area (Å²) in [7, 11) is 0. The van der Waals surface area contributed by atoms with E-state index in [2.05, 4.69) is 30.7 Å². The van der Waals surface area contributed by atoms with Crippen LogP contribution in [0, 0.1) is 5.41 Å². The van der Waals surface area contributed by atoms with Crippen molar-refractivity contribution in [1.82, 2.24) is 9.97 Å². The molecule has 0 aliphatic carbocycles. The van der Waals surface area contributed by atoms with E-state index >= 15 is 0 Å². The van der Waals surface area contributed by atoms with Crippen LogP contribution in [0.15, 0.2) is 12.3 Å². The van der Waals surface area contributed by atoms with Gasteiger partial charge in [0.2, 0.25) is 0 Å². The maximum atomic E-state index is 12.4. The lowest BCUT2D eigenvalue weighted by Crippen LogP contribution is -2.11. The minimum Gasteiger partial charge on any atom is -0.463 e. The van der Waals surface area contributed by atoms with Crippen molar-refractivity contribution < 1.29 is 17.9 Å². The smallest absolute Gasteiger partial charge is 0.433 e. The van der Waals surface area contributed by atoms with Gasteiger partial charge in [0.1, 0.15) is 0 Å². The van der Waals surface area contributed by atoms with E-state index in [1.54, 1.807) is 0 Å².